The lowest BCUT2D eigenvalue weighted by molar-refractivity contribution is 0.0156. The Kier molecular flexibility index (Phi) is 8.27. The standard InChI is InChI=1S/C12H32O4Si3/c1-9-12(13)10-14-11(2)17(15-18(3,4)5)16-19(6,7)8/h11-13,17H,9-10H2,1-8H3. The third-order valence-electron chi connectivity index (χ3n) is 2.35. The Balaban J connectivity index is 4.54. The number of ether oxygens (including phenoxy) is 1. The van der Waals surface area contributed by atoms with Crippen LogP contribution in [0.3, 0.4) is 0 Å². The van der Waals surface area contributed by atoms with E-state index in [1.807, 2.05) is 13.8 Å². The van der Waals surface area contributed by atoms with Gasteiger partial charge in [-0.25, -0.2) is 0 Å². The molecule has 116 valence electrons. The van der Waals surface area contributed by atoms with Crippen LogP contribution in [0.5, 0.6) is 0 Å². The Bertz CT molecular complexity index is 234. The highest BCUT2D eigenvalue weighted by atomic mass is 28.4. The molecule has 19 heavy (non-hydrogen) atoms. The lowest BCUT2D eigenvalue weighted by atomic mass is 10.3. The van der Waals surface area contributed by atoms with Crippen LogP contribution in [-0.2, 0) is 13.0 Å². The summed E-state index contributed by atoms with van der Waals surface area (Å²) in [5.41, 5.74) is -0.0281. The lowest BCUT2D eigenvalue weighted by Gasteiger charge is -2.34. The minimum Gasteiger partial charge on any atom is -0.437 e. The van der Waals surface area contributed by atoms with E-state index in [4.69, 9.17) is 13.0 Å². The normalized spacial score (nSPS) is 16.7. The highest BCUT2D eigenvalue weighted by molar-refractivity contribution is 6.81. The molecule has 0 saturated carbocycles. The van der Waals surface area contributed by atoms with Gasteiger partial charge in [-0.2, -0.15) is 0 Å². The van der Waals surface area contributed by atoms with E-state index in [0.29, 0.717) is 13.0 Å². The van der Waals surface area contributed by atoms with Crippen LogP contribution in [0.15, 0.2) is 0 Å². The average molecular weight is 325 g/mol. The van der Waals surface area contributed by atoms with Gasteiger partial charge in [-0.1, -0.05) is 6.92 Å². The van der Waals surface area contributed by atoms with Crippen molar-refractivity contribution in [2.24, 2.45) is 0 Å². The molecule has 0 aliphatic heterocycles. The van der Waals surface area contributed by atoms with Crippen LogP contribution in [-0.4, -0.2) is 49.5 Å². The molecule has 0 amide bonds. The van der Waals surface area contributed by atoms with E-state index >= 15 is 0 Å². The van der Waals surface area contributed by atoms with Crippen molar-refractivity contribution in [3.63, 3.8) is 0 Å². The topological polar surface area (TPSA) is 47.9 Å². The molecule has 0 aromatic rings. The van der Waals surface area contributed by atoms with Gasteiger partial charge in [-0.15, -0.1) is 0 Å². The Morgan fingerprint density at radius 2 is 1.42 bits per heavy atom. The minimum atomic E-state index is -1.86. The van der Waals surface area contributed by atoms with Gasteiger partial charge >= 0.3 is 9.28 Å². The summed E-state index contributed by atoms with van der Waals surface area (Å²) >= 11 is 0. The minimum absolute atomic E-state index is 0.0281. The molecule has 0 rings (SSSR count). The van der Waals surface area contributed by atoms with Crippen molar-refractivity contribution < 1.29 is 18.1 Å². The first-order valence-electron chi connectivity index (χ1n) is 7.10. The van der Waals surface area contributed by atoms with Crippen LogP contribution in [0.2, 0.25) is 39.3 Å². The Morgan fingerprint density at radius 1 is 1.00 bits per heavy atom. The van der Waals surface area contributed by atoms with Crippen LogP contribution in [0, 0.1) is 0 Å². The predicted molar refractivity (Wildman–Crippen MR) is 87.7 cm³/mol. The predicted octanol–water partition coefficient (Wildman–Crippen LogP) is 2.63. The Morgan fingerprint density at radius 3 is 1.74 bits per heavy atom. The van der Waals surface area contributed by atoms with Crippen LogP contribution < -0.4 is 0 Å². The molecule has 0 aromatic carbocycles. The summed E-state index contributed by atoms with van der Waals surface area (Å²) < 4.78 is 18.2. The van der Waals surface area contributed by atoms with E-state index in [2.05, 4.69) is 39.3 Å². The fraction of sp³-hybridized carbons (Fsp3) is 1.00. The molecule has 0 saturated heterocycles. The van der Waals surface area contributed by atoms with E-state index < -0.39 is 32.0 Å². The number of aliphatic hydroxyl groups excluding tert-OH is 1. The fourth-order valence-electron chi connectivity index (χ4n) is 1.37. The molecule has 1 N–H and O–H groups in total. The average Bonchev–Trinajstić information content (AvgIpc) is 2.20. The molecule has 0 spiro atoms. The molecule has 0 fully saturated rings. The molecule has 4 nitrogen and oxygen atoms in total. The SMILES string of the molecule is CCC(O)COC(C)[SiH](O[Si](C)(C)C)O[Si](C)(C)C. The zero-order valence-corrected chi connectivity index (χ0v) is 17.0. The summed E-state index contributed by atoms with van der Waals surface area (Å²) in [6.07, 6.45) is 0.318. The summed E-state index contributed by atoms with van der Waals surface area (Å²) in [7, 11) is -5.12. The first-order chi connectivity index (χ1) is 8.44. The summed E-state index contributed by atoms with van der Waals surface area (Å²) in [5, 5.41) is 9.58. The fourth-order valence-corrected chi connectivity index (χ4v) is 9.37. The van der Waals surface area contributed by atoms with Crippen LogP contribution in [0.4, 0.5) is 0 Å². The van der Waals surface area contributed by atoms with Crippen molar-refractivity contribution in [2.75, 3.05) is 6.61 Å². The molecule has 0 aliphatic rings. The maximum atomic E-state index is 9.58. The number of hydrogen-bond acceptors (Lipinski definition) is 4. The van der Waals surface area contributed by atoms with E-state index in [1.54, 1.807) is 0 Å². The van der Waals surface area contributed by atoms with Gasteiger partial charge in [0.2, 0.25) is 0 Å². The number of hydrogen-bond donors (Lipinski definition) is 1. The molecule has 2 unspecified atom stereocenters. The zero-order chi connectivity index (χ0) is 15.3. The molecule has 0 heterocycles. The van der Waals surface area contributed by atoms with Gasteiger partial charge in [-0.3, -0.25) is 0 Å². The first-order valence-corrected chi connectivity index (χ1v) is 15.5. The van der Waals surface area contributed by atoms with Gasteiger partial charge in [0.15, 0.2) is 16.6 Å². The van der Waals surface area contributed by atoms with Crippen LogP contribution >= 0.6 is 0 Å². The van der Waals surface area contributed by atoms with E-state index in [9.17, 15) is 5.11 Å². The Labute approximate surface area is 122 Å². The molecule has 0 bridgehead atoms. The monoisotopic (exact) mass is 324 g/mol. The first kappa shape index (κ1) is 19.5. The molecule has 0 aliphatic carbocycles. The third kappa shape index (κ3) is 10.9. The van der Waals surface area contributed by atoms with Crippen LogP contribution in [0.25, 0.3) is 0 Å². The lowest BCUT2D eigenvalue weighted by Crippen LogP contribution is -2.50. The van der Waals surface area contributed by atoms with Gasteiger partial charge in [0.25, 0.3) is 0 Å². The zero-order valence-electron chi connectivity index (χ0n) is 13.8. The van der Waals surface area contributed by atoms with Gasteiger partial charge in [0.05, 0.1) is 18.4 Å². The molecular formula is C12H32O4Si3. The molecular weight excluding hydrogens is 292 g/mol. The maximum Gasteiger partial charge on any atom is 0.330 e. The number of rotatable bonds is 9. The second-order valence-corrected chi connectivity index (χ2v) is 18.9. The summed E-state index contributed by atoms with van der Waals surface area (Å²) in [4.78, 5) is 0. The largest absolute Gasteiger partial charge is 0.437 e. The molecule has 7 heteroatoms. The molecule has 0 radical (unpaired) electrons. The quantitative estimate of drug-likeness (QED) is 0.662. The van der Waals surface area contributed by atoms with E-state index in [0.717, 1.165) is 0 Å². The van der Waals surface area contributed by atoms with Gasteiger partial charge in [0.1, 0.15) is 0 Å². The second kappa shape index (κ2) is 8.06. The van der Waals surface area contributed by atoms with Crippen molar-refractivity contribution in [1.29, 1.82) is 0 Å². The van der Waals surface area contributed by atoms with Crippen molar-refractivity contribution in [1.82, 2.24) is 0 Å². The number of aliphatic hydroxyl groups is 1. The third-order valence-corrected chi connectivity index (χ3v) is 10.8. The highest BCUT2D eigenvalue weighted by Crippen LogP contribution is 2.15. The van der Waals surface area contributed by atoms with Gasteiger partial charge in [-0.05, 0) is 52.6 Å². The maximum absolute atomic E-state index is 9.58. The smallest absolute Gasteiger partial charge is 0.330 e. The second-order valence-electron chi connectivity index (χ2n) is 6.93. The Hall–Kier alpha value is 0.491. The summed E-state index contributed by atoms with van der Waals surface area (Å²) in [6, 6.07) is 0. The summed E-state index contributed by atoms with van der Waals surface area (Å²) in [6.45, 7) is 17.4. The van der Waals surface area contributed by atoms with E-state index in [1.165, 1.54) is 0 Å². The van der Waals surface area contributed by atoms with Crippen molar-refractivity contribution >= 4 is 25.9 Å². The van der Waals surface area contributed by atoms with Crippen molar-refractivity contribution in [2.45, 2.75) is 71.4 Å². The van der Waals surface area contributed by atoms with Crippen LogP contribution in [0.1, 0.15) is 20.3 Å². The summed E-state index contributed by atoms with van der Waals surface area (Å²) in [5.74, 6) is 0. The molecule has 2 atom stereocenters. The molecule has 0 aromatic heterocycles. The van der Waals surface area contributed by atoms with Gasteiger partial charge < -0.3 is 18.1 Å². The van der Waals surface area contributed by atoms with Crippen molar-refractivity contribution in [3.8, 4) is 0 Å². The highest BCUT2D eigenvalue weighted by Gasteiger charge is 2.33. The van der Waals surface area contributed by atoms with Crippen molar-refractivity contribution in [3.05, 3.63) is 0 Å². The van der Waals surface area contributed by atoms with Gasteiger partial charge in [0, 0.05) is 0 Å². The van der Waals surface area contributed by atoms with E-state index in [-0.39, 0.29) is 5.73 Å².